The molecule has 3 heteroatoms. The van der Waals surface area contributed by atoms with Crippen LogP contribution in [-0.2, 0) is 0 Å². The SMILES string of the molecule is CCC(CSC)Nc1ccc(C)cc1N. The van der Waals surface area contributed by atoms with Gasteiger partial charge in [0.1, 0.15) is 0 Å². The Morgan fingerprint density at radius 3 is 2.73 bits per heavy atom. The second-order valence-corrected chi connectivity index (χ2v) is 4.71. The zero-order chi connectivity index (χ0) is 11.3. The summed E-state index contributed by atoms with van der Waals surface area (Å²) in [5.74, 6) is 1.11. The predicted molar refractivity (Wildman–Crippen MR) is 71.7 cm³/mol. The molecular weight excluding hydrogens is 204 g/mol. The van der Waals surface area contributed by atoms with E-state index in [4.69, 9.17) is 5.73 Å². The second kappa shape index (κ2) is 5.91. The van der Waals surface area contributed by atoms with E-state index in [-0.39, 0.29) is 0 Å². The van der Waals surface area contributed by atoms with Crippen molar-refractivity contribution in [3.05, 3.63) is 23.8 Å². The average molecular weight is 224 g/mol. The summed E-state index contributed by atoms with van der Waals surface area (Å²) in [7, 11) is 0. The largest absolute Gasteiger partial charge is 0.397 e. The number of nitrogens with two attached hydrogens (primary N) is 1. The first-order valence-corrected chi connectivity index (χ1v) is 6.68. The minimum absolute atomic E-state index is 0.505. The molecule has 0 aromatic heterocycles. The van der Waals surface area contributed by atoms with Crippen LogP contribution in [0.15, 0.2) is 18.2 Å². The van der Waals surface area contributed by atoms with Gasteiger partial charge >= 0.3 is 0 Å². The fourth-order valence-electron chi connectivity index (χ4n) is 1.50. The lowest BCUT2D eigenvalue weighted by Gasteiger charge is -2.18. The summed E-state index contributed by atoms with van der Waals surface area (Å²) in [6.45, 7) is 4.25. The molecule has 2 nitrogen and oxygen atoms in total. The lowest BCUT2D eigenvalue weighted by Crippen LogP contribution is -2.21. The number of nitrogens with one attached hydrogen (secondary N) is 1. The minimum Gasteiger partial charge on any atom is -0.397 e. The van der Waals surface area contributed by atoms with Gasteiger partial charge in [-0.2, -0.15) is 11.8 Å². The molecule has 84 valence electrons. The molecule has 0 saturated carbocycles. The summed E-state index contributed by atoms with van der Waals surface area (Å²) < 4.78 is 0. The van der Waals surface area contributed by atoms with Crippen molar-refractivity contribution in [3.8, 4) is 0 Å². The van der Waals surface area contributed by atoms with Crippen LogP contribution in [-0.4, -0.2) is 18.1 Å². The van der Waals surface area contributed by atoms with Gasteiger partial charge in [0.05, 0.1) is 11.4 Å². The van der Waals surface area contributed by atoms with Crippen molar-refractivity contribution < 1.29 is 0 Å². The Bertz CT molecular complexity index is 312. The lowest BCUT2D eigenvalue weighted by molar-refractivity contribution is 0.775. The maximum atomic E-state index is 5.95. The molecule has 0 aliphatic rings. The maximum absolute atomic E-state index is 5.95. The summed E-state index contributed by atoms with van der Waals surface area (Å²) >= 11 is 1.86. The van der Waals surface area contributed by atoms with E-state index in [0.717, 1.165) is 23.5 Å². The minimum atomic E-state index is 0.505. The average Bonchev–Trinajstić information content (AvgIpc) is 2.21. The molecule has 0 aliphatic heterocycles. The molecule has 0 bridgehead atoms. The Morgan fingerprint density at radius 2 is 2.20 bits per heavy atom. The van der Waals surface area contributed by atoms with Crippen LogP contribution >= 0.6 is 11.8 Å². The Kier molecular flexibility index (Phi) is 4.82. The maximum Gasteiger partial charge on any atom is 0.0576 e. The number of rotatable bonds is 5. The highest BCUT2D eigenvalue weighted by Gasteiger charge is 2.06. The van der Waals surface area contributed by atoms with E-state index < -0.39 is 0 Å². The molecule has 15 heavy (non-hydrogen) atoms. The molecule has 1 atom stereocenters. The van der Waals surface area contributed by atoms with Gasteiger partial charge < -0.3 is 11.1 Å². The van der Waals surface area contributed by atoms with Crippen LogP contribution in [0.4, 0.5) is 11.4 Å². The fourth-order valence-corrected chi connectivity index (χ4v) is 2.22. The van der Waals surface area contributed by atoms with Crippen molar-refractivity contribution in [3.63, 3.8) is 0 Å². The molecule has 0 amide bonds. The second-order valence-electron chi connectivity index (χ2n) is 3.80. The topological polar surface area (TPSA) is 38.0 Å². The van der Waals surface area contributed by atoms with Crippen LogP contribution in [0.25, 0.3) is 0 Å². The molecule has 0 aliphatic carbocycles. The number of aryl methyl sites for hydroxylation is 1. The van der Waals surface area contributed by atoms with Crippen LogP contribution in [0.5, 0.6) is 0 Å². The highest BCUT2D eigenvalue weighted by molar-refractivity contribution is 7.98. The van der Waals surface area contributed by atoms with Crippen molar-refractivity contribution in [2.24, 2.45) is 0 Å². The van der Waals surface area contributed by atoms with Crippen LogP contribution < -0.4 is 11.1 Å². The Morgan fingerprint density at radius 1 is 1.47 bits per heavy atom. The number of anilines is 2. The molecule has 0 fully saturated rings. The molecule has 0 radical (unpaired) electrons. The Hall–Kier alpha value is -0.830. The first-order chi connectivity index (χ1) is 7.17. The summed E-state index contributed by atoms with van der Waals surface area (Å²) in [5, 5.41) is 3.48. The molecule has 0 heterocycles. The Balaban J connectivity index is 2.70. The number of benzene rings is 1. The van der Waals surface area contributed by atoms with Gasteiger partial charge in [-0.1, -0.05) is 13.0 Å². The first-order valence-electron chi connectivity index (χ1n) is 5.29. The van der Waals surface area contributed by atoms with Crippen molar-refractivity contribution in [1.82, 2.24) is 0 Å². The predicted octanol–water partition coefficient (Wildman–Crippen LogP) is 3.13. The summed E-state index contributed by atoms with van der Waals surface area (Å²) in [4.78, 5) is 0. The van der Waals surface area contributed by atoms with E-state index >= 15 is 0 Å². The van der Waals surface area contributed by atoms with E-state index in [9.17, 15) is 0 Å². The van der Waals surface area contributed by atoms with Crippen molar-refractivity contribution >= 4 is 23.1 Å². The fraction of sp³-hybridized carbons (Fsp3) is 0.500. The normalized spacial score (nSPS) is 12.5. The zero-order valence-electron chi connectivity index (χ0n) is 9.71. The third-order valence-corrected chi connectivity index (χ3v) is 3.16. The van der Waals surface area contributed by atoms with Crippen molar-refractivity contribution in [1.29, 1.82) is 0 Å². The molecule has 1 aromatic carbocycles. The van der Waals surface area contributed by atoms with Crippen molar-refractivity contribution in [2.45, 2.75) is 26.3 Å². The zero-order valence-corrected chi connectivity index (χ0v) is 10.5. The Labute approximate surface area is 96.6 Å². The summed E-state index contributed by atoms with van der Waals surface area (Å²) in [6.07, 6.45) is 3.25. The summed E-state index contributed by atoms with van der Waals surface area (Å²) in [6, 6.07) is 6.66. The van der Waals surface area contributed by atoms with E-state index in [1.165, 1.54) is 5.56 Å². The van der Waals surface area contributed by atoms with Crippen molar-refractivity contribution in [2.75, 3.05) is 23.1 Å². The monoisotopic (exact) mass is 224 g/mol. The first kappa shape index (κ1) is 12.2. The van der Waals surface area contributed by atoms with E-state index in [0.29, 0.717) is 6.04 Å². The standard InChI is InChI=1S/C12H20N2S/c1-4-10(8-15-3)14-12-6-5-9(2)7-11(12)13/h5-7,10,14H,4,8,13H2,1-3H3. The highest BCUT2D eigenvalue weighted by Crippen LogP contribution is 2.21. The molecule has 0 saturated heterocycles. The third kappa shape index (κ3) is 3.67. The van der Waals surface area contributed by atoms with Gasteiger partial charge in [0, 0.05) is 11.8 Å². The van der Waals surface area contributed by atoms with Gasteiger partial charge in [0.15, 0.2) is 0 Å². The molecule has 3 N–H and O–H groups in total. The number of hydrogen-bond donors (Lipinski definition) is 2. The molecular formula is C12H20N2S. The van der Waals surface area contributed by atoms with Gasteiger partial charge in [-0.25, -0.2) is 0 Å². The number of hydrogen-bond acceptors (Lipinski definition) is 3. The third-order valence-electron chi connectivity index (χ3n) is 2.43. The highest BCUT2D eigenvalue weighted by atomic mass is 32.2. The smallest absolute Gasteiger partial charge is 0.0576 e. The van der Waals surface area contributed by atoms with Gasteiger partial charge in [-0.15, -0.1) is 0 Å². The van der Waals surface area contributed by atoms with E-state index in [1.807, 2.05) is 17.8 Å². The van der Waals surface area contributed by atoms with E-state index in [1.54, 1.807) is 0 Å². The van der Waals surface area contributed by atoms with Gasteiger partial charge in [0.25, 0.3) is 0 Å². The van der Waals surface area contributed by atoms with Crippen LogP contribution in [0.1, 0.15) is 18.9 Å². The van der Waals surface area contributed by atoms with Gasteiger partial charge in [-0.05, 0) is 37.3 Å². The van der Waals surface area contributed by atoms with Gasteiger partial charge in [0.2, 0.25) is 0 Å². The number of nitrogen functional groups attached to an aromatic ring is 1. The number of thioether (sulfide) groups is 1. The van der Waals surface area contributed by atoms with Gasteiger partial charge in [-0.3, -0.25) is 0 Å². The molecule has 1 aromatic rings. The van der Waals surface area contributed by atoms with Crippen LogP contribution in [0.2, 0.25) is 0 Å². The quantitative estimate of drug-likeness (QED) is 0.755. The summed E-state index contributed by atoms with van der Waals surface area (Å²) in [5.41, 5.74) is 9.05. The van der Waals surface area contributed by atoms with Crippen LogP contribution in [0.3, 0.4) is 0 Å². The molecule has 0 spiro atoms. The van der Waals surface area contributed by atoms with Crippen LogP contribution in [0, 0.1) is 6.92 Å². The lowest BCUT2D eigenvalue weighted by atomic mass is 10.1. The molecule has 1 unspecified atom stereocenters. The van der Waals surface area contributed by atoms with E-state index in [2.05, 4.69) is 37.6 Å². The molecule has 1 rings (SSSR count).